The monoisotopic (exact) mass is 417 g/mol. The first-order valence-electron chi connectivity index (χ1n) is 8.74. The number of rotatable bonds is 5. The Hall–Kier alpha value is -1.41. The first kappa shape index (κ1) is 23.6. The fraction of sp³-hybridized carbons (Fsp3) is 0.611. The molecule has 1 amide bonds. The van der Waals surface area contributed by atoms with Crippen LogP contribution in [0.4, 0.5) is 0 Å². The molecule has 2 aromatic heterocycles. The number of halogens is 2. The summed E-state index contributed by atoms with van der Waals surface area (Å²) in [5.41, 5.74) is 3.03. The topological polar surface area (TPSA) is 81.1 Å². The third-order valence-electron chi connectivity index (χ3n) is 5.17. The third-order valence-corrected chi connectivity index (χ3v) is 5.17. The van der Waals surface area contributed by atoms with Crippen molar-refractivity contribution in [3.8, 4) is 0 Å². The molecule has 1 fully saturated rings. The summed E-state index contributed by atoms with van der Waals surface area (Å²) in [7, 11) is 3.59. The summed E-state index contributed by atoms with van der Waals surface area (Å²) in [6.07, 6.45) is 2.00. The van der Waals surface area contributed by atoms with Gasteiger partial charge in [0.05, 0.1) is 23.6 Å². The van der Waals surface area contributed by atoms with E-state index in [1.54, 1.807) is 11.8 Å². The van der Waals surface area contributed by atoms with Crippen LogP contribution < -0.4 is 10.6 Å². The molecule has 0 bridgehead atoms. The Labute approximate surface area is 172 Å². The van der Waals surface area contributed by atoms with Crippen molar-refractivity contribution >= 4 is 41.8 Å². The van der Waals surface area contributed by atoms with Crippen LogP contribution in [0, 0.1) is 19.3 Å². The maximum absolute atomic E-state index is 12.8. The minimum atomic E-state index is -0.0795. The summed E-state index contributed by atoms with van der Waals surface area (Å²) in [5, 5.41) is 11.8. The molecule has 0 spiro atoms. The van der Waals surface area contributed by atoms with Gasteiger partial charge in [-0.05, 0) is 45.8 Å². The predicted octanol–water partition coefficient (Wildman–Crippen LogP) is 2.17. The summed E-state index contributed by atoms with van der Waals surface area (Å²) in [6.45, 7) is 6.99. The number of hydrogen-bond donors (Lipinski definition) is 2. The van der Waals surface area contributed by atoms with Crippen molar-refractivity contribution in [1.82, 2.24) is 25.4 Å². The Kier molecular flexibility index (Phi) is 8.48. The van der Waals surface area contributed by atoms with E-state index < -0.39 is 0 Å². The molecular weight excluding hydrogens is 389 g/mol. The zero-order valence-electron chi connectivity index (χ0n) is 16.3. The predicted molar refractivity (Wildman–Crippen MR) is 111 cm³/mol. The fourth-order valence-corrected chi connectivity index (χ4v) is 3.66. The summed E-state index contributed by atoms with van der Waals surface area (Å²) >= 11 is 0. The van der Waals surface area contributed by atoms with Crippen LogP contribution in [0.1, 0.15) is 34.6 Å². The number of nitrogens with one attached hydrogen (secondary N) is 2. The molecule has 1 aliphatic heterocycles. The Morgan fingerprint density at radius 3 is 2.59 bits per heavy atom. The maximum Gasteiger partial charge on any atom is 0.253 e. The van der Waals surface area contributed by atoms with Gasteiger partial charge >= 0.3 is 0 Å². The van der Waals surface area contributed by atoms with Gasteiger partial charge in [-0.3, -0.25) is 9.48 Å². The fourth-order valence-electron chi connectivity index (χ4n) is 3.66. The molecule has 0 aliphatic carbocycles. The van der Waals surface area contributed by atoms with E-state index in [2.05, 4.69) is 20.7 Å². The molecule has 7 nitrogen and oxygen atoms in total. The molecule has 0 saturated carbocycles. The van der Waals surface area contributed by atoms with Gasteiger partial charge in [0.1, 0.15) is 0 Å². The van der Waals surface area contributed by atoms with E-state index in [0.717, 1.165) is 48.4 Å². The summed E-state index contributed by atoms with van der Waals surface area (Å²) in [6, 6.07) is 1.90. The van der Waals surface area contributed by atoms with E-state index >= 15 is 0 Å². The van der Waals surface area contributed by atoms with E-state index in [9.17, 15) is 4.79 Å². The van der Waals surface area contributed by atoms with Gasteiger partial charge < -0.3 is 15.4 Å². The highest BCUT2D eigenvalue weighted by molar-refractivity contribution is 5.98. The lowest BCUT2D eigenvalue weighted by molar-refractivity contribution is 0.0511. The quantitative estimate of drug-likeness (QED) is 0.778. The number of methoxy groups -OCH3 is 1. The zero-order chi connectivity index (χ0) is 18.0. The summed E-state index contributed by atoms with van der Waals surface area (Å²) in [4.78, 5) is 17.4. The standard InChI is InChI=1S/C18H27N5O2.2ClH/c1-12-15(9-14-13(2)22-23(3)16(14)21-12)17(24)20-10-18(11-25-4)5-7-19-8-6-18;;/h9,19H,5-8,10-11H2,1-4H3,(H,20,24);2*1H. The molecule has 0 radical (unpaired) electrons. The van der Waals surface area contributed by atoms with Gasteiger partial charge in [-0.15, -0.1) is 24.8 Å². The van der Waals surface area contributed by atoms with Crippen LogP contribution in [0.2, 0.25) is 0 Å². The molecule has 0 unspecified atom stereocenters. The number of carbonyl (C=O) groups excluding carboxylic acids is 1. The number of hydrogen-bond acceptors (Lipinski definition) is 5. The molecule has 0 aromatic carbocycles. The molecule has 2 N–H and O–H groups in total. The third kappa shape index (κ3) is 4.90. The molecular formula is C18H29Cl2N5O2. The maximum atomic E-state index is 12.8. The lowest BCUT2D eigenvalue weighted by Crippen LogP contribution is -2.47. The van der Waals surface area contributed by atoms with Crippen LogP contribution in [-0.4, -0.2) is 54.0 Å². The SMILES string of the molecule is COCC1(CNC(=O)c2cc3c(C)nn(C)c3nc2C)CCNCC1.Cl.Cl. The Balaban J connectivity index is 0.00000182. The number of fused-ring (bicyclic) bond motifs is 1. The molecule has 3 rings (SSSR count). The average molecular weight is 418 g/mol. The van der Waals surface area contributed by atoms with Crippen LogP contribution >= 0.6 is 24.8 Å². The molecule has 1 saturated heterocycles. The van der Waals surface area contributed by atoms with Crippen molar-refractivity contribution in [2.45, 2.75) is 26.7 Å². The number of aryl methyl sites for hydroxylation is 3. The van der Waals surface area contributed by atoms with Crippen molar-refractivity contribution in [3.05, 3.63) is 23.0 Å². The van der Waals surface area contributed by atoms with E-state index in [-0.39, 0.29) is 36.1 Å². The Morgan fingerprint density at radius 2 is 1.96 bits per heavy atom. The highest BCUT2D eigenvalue weighted by atomic mass is 35.5. The smallest absolute Gasteiger partial charge is 0.253 e. The van der Waals surface area contributed by atoms with Gasteiger partial charge in [0, 0.05) is 31.5 Å². The zero-order valence-corrected chi connectivity index (χ0v) is 17.9. The van der Waals surface area contributed by atoms with Crippen LogP contribution in [-0.2, 0) is 11.8 Å². The van der Waals surface area contributed by atoms with Crippen LogP contribution in [0.3, 0.4) is 0 Å². The Bertz CT molecular complexity index is 782. The van der Waals surface area contributed by atoms with Crippen LogP contribution in [0.5, 0.6) is 0 Å². The molecule has 152 valence electrons. The van der Waals surface area contributed by atoms with E-state index in [0.29, 0.717) is 18.7 Å². The normalized spacial score (nSPS) is 15.7. The molecule has 0 atom stereocenters. The number of aromatic nitrogens is 3. The van der Waals surface area contributed by atoms with E-state index in [4.69, 9.17) is 4.74 Å². The second kappa shape index (κ2) is 9.68. The summed E-state index contributed by atoms with van der Waals surface area (Å²) in [5.74, 6) is -0.0795. The first-order chi connectivity index (χ1) is 12.0. The van der Waals surface area contributed by atoms with E-state index in [1.807, 2.05) is 27.0 Å². The second-order valence-electron chi connectivity index (χ2n) is 7.07. The van der Waals surface area contributed by atoms with Crippen molar-refractivity contribution in [3.63, 3.8) is 0 Å². The first-order valence-corrected chi connectivity index (χ1v) is 8.74. The minimum absolute atomic E-state index is 0. The van der Waals surface area contributed by atoms with E-state index in [1.165, 1.54) is 0 Å². The molecule has 27 heavy (non-hydrogen) atoms. The number of pyridine rings is 1. The number of carbonyl (C=O) groups is 1. The van der Waals surface area contributed by atoms with Crippen molar-refractivity contribution < 1.29 is 9.53 Å². The van der Waals surface area contributed by atoms with Crippen LogP contribution in [0.15, 0.2) is 6.07 Å². The molecule has 2 aromatic rings. The van der Waals surface area contributed by atoms with Crippen molar-refractivity contribution in [2.24, 2.45) is 12.5 Å². The lowest BCUT2D eigenvalue weighted by Gasteiger charge is -2.37. The number of ether oxygens (including phenoxy) is 1. The van der Waals surface area contributed by atoms with Crippen molar-refractivity contribution in [2.75, 3.05) is 33.4 Å². The van der Waals surface area contributed by atoms with Crippen LogP contribution in [0.25, 0.3) is 11.0 Å². The van der Waals surface area contributed by atoms with Gasteiger partial charge in [0.25, 0.3) is 5.91 Å². The molecule has 1 aliphatic rings. The molecule has 9 heteroatoms. The highest BCUT2D eigenvalue weighted by Gasteiger charge is 2.32. The van der Waals surface area contributed by atoms with Gasteiger partial charge in [-0.25, -0.2) is 4.98 Å². The average Bonchev–Trinajstić information content (AvgIpc) is 2.87. The Morgan fingerprint density at radius 1 is 1.30 bits per heavy atom. The molecule has 3 heterocycles. The number of nitrogens with zero attached hydrogens (tertiary/aromatic N) is 3. The second-order valence-corrected chi connectivity index (χ2v) is 7.07. The van der Waals surface area contributed by atoms with Gasteiger partial charge in [0.15, 0.2) is 5.65 Å². The van der Waals surface area contributed by atoms with Crippen molar-refractivity contribution in [1.29, 1.82) is 0 Å². The number of piperidine rings is 1. The largest absolute Gasteiger partial charge is 0.384 e. The highest BCUT2D eigenvalue weighted by Crippen LogP contribution is 2.28. The number of amides is 1. The summed E-state index contributed by atoms with van der Waals surface area (Å²) < 4.78 is 7.17. The van der Waals surface area contributed by atoms with Gasteiger partial charge in [-0.1, -0.05) is 0 Å². The minimum Gasteiger partial charge on any atom is -0.384 e. The van der Waals surface area contributed by atoms with Gasteiger partial charge in [-0.2, -0.15) is 5.10 Å². The lowest BCUT2D eigenvalue weighted by atomic mass is 9.79. The van der Waals surface area contributed by atoms with Gasteiger partial charge in [0.2, 0.25) is 0 Å².